The molecule has 0 bridgehead atoms. The van der Waals surface area contributed by atoms with Gasteiger partial charge in [-0.2, -0.15) is 5.26 Å². The molecule has 0 unspecified atom stereocenters. The van der Waals surface area contributed by atoms with Crippen LogP contribution in [0.15, 0.2) is 29.6 Å². The smallest absolute Gasteiger partial charge is 0.138 e. The van der Waals surface area contributed by atoms with Gasteiger partial charge < -0.3 is 9.64 Å². The van der Waals surface area contributed by atoms with Crippen LogP contribution in [0.25, 0.3) is 21.0 Å². The van der Waals surface area contributed by atoms with E-state index in [-0.39, 0.29) is 0 Å². The second-order valence-electron chi connectivity index (χ2n) is 7.31. The second kappa shape index (κ2) is 7.08. The van der Waals surface area contributed by atoms with E-state index in [0.717, 1.165) is 56.1 Å². The number of benzene rings is 1. The van der Waals surface area contributed by atoms with Crippen molar-refractivity contribution in [2.75, 3.05) is 44.3 Å². The van der Waals surface area contributed by atoms with Crippen molar-refractivity contribution in [2.24, 2.45) is 0 Å². The van der Waals surface area contributed by atoms with Gasteiger partial charge in [-0.05, 0) is 36.4 Å². The highest BCUT2D eigenvalue weighted by atomic mass is 32.1. The Balaban J connectivity index is 1.45. The lowest BCUT2D eigenvalue weighted by molar-refractivity contribution is 0.0115. The molecule has 0 aliphatic carbocycles. The summed E-state index contributed by atoms with van der Waals surface area (Å²) in [4.78, 5) is 10.0. The molecule has 27 heavy (non-hydrogen) atoms. The number of nitrogens with zero attached hydrogens (tertiary/aromatic N) is 4. The van der Waals surface area contributed by atoms with Gasteiger partial charge in [0.25, 0.3) is 0 Å². The maximum Gasteiger partial charge on any atom is 0.138 e. The average molecular weight is 379 g/mol. The molecule has 0 saturated carbocycles. The Bertz CT molecular complexity index is 1010. The predicted octanol–water partition coefficient (Wildman–Crippen LogP) is 3.62. The predicted molar refractivity (Wildman–Crippen MR) is 109 cm³/mol. The number of rotatable bonds is 2. The van der Waals surface area contributed by atoms with Gasteiger partial charge in [0, 0.05) is 47.7 Å². The molecule has 0 amide bonds. The van der Waals surface area contributed by atoms with Crippen LogP contribution in [-0.4, -0.2) is 55.3 Å². The summed E-state index contributed by atoms with van der Waals surface area (Å²) in [7, 11) is 0. The van der Waals surface area contributed by atoms with Crippen LogP contribution < -0.4 is 4.90 Å². The van der Waals surface area contributed by atoms with Crippen molar-refractivity contribution < 1.29 is 4.74 Å². The van der Waals surface area contributed by atoms with Crippen molar-refractivity contribution >= 4 is 38.1 Å². The monoisotopic (exact) mass is 378 g/mol. The first-order valence-electron chi connectivity index (χ1n) is 9.61. The van der Waals surface area contributed by atoms with Crippen molar-refractivity contribution in [1.82, 2.24) is 9.88 Å². The SMILES string of the molecule is N#Cc1ccc2c(c1)nc(N1CCC(N3CCOCC3)CC1)c1ccsc12. The summed E-state index contributed by atoms with van der Waals surface area (Å²) in [5.74, 6) is 1.08. The number of fused-ring (bicyclic) bond motifs is 3. The third-order valence-corrected chi connectivity index (χ3v) is 6.78. The van der Waals surface area contributed by atoms with E-state index in [1.54, 1.807) is 11.3 Å². The van der Waals surface area contributed by atoms with Gasteiger partial charge >= 0.3 is 0 Å². The number of hydrogen-bond donors (Lipinski definition) is 0. The number of piperidine rings is 1. The van der Waals surface area contributed by atoms with Gasteiger partial charge in [-0.25, -0.2) is 4.98 Å². The van der Waals surface area contributed by atoms with Gasteiger partial charge in [0.1, 0.15) is 5.82 Å². The molecular weight excluding hydrogens is 356 g/mol. The topological polar surface area (TPSA) is 52.4 Å². The van der Waals surface area contributed by atoms with Crippen LogP contribution in [0.5, 0.6) is 0 Å². The quantitative estimate of drug-likeness (QED) is 0.682. The summed E-state index contributed by atoms with van der Waals surface area (Å²) in [6.45, 7) is 5.91. The van der Waals surface area contributed by atoms with Crippen molar-refractivity contribution in [3.8, 4) is 6.07 Å². The molecule has 0 spiro atoms. The summed E-state index contributed by atoms with van der Waals surface area (Å²) < 4.78 is 6.77. The first-order chi connectivity index (χ1) is 13.3. The zero-order valence-electron chi connectivity index (χ0n) is 15.2. The minimum Gasteiger partial charge on any atom is -0.379 e. The molecule has 0 radical (unpaired) electrons. The summed E-state index contributed by atoms with van der Waals surface area (Å²) in [6, 6.07) is 10.9. The van der Waals surface area contributed by atoms with E-state index in [0.29, 0.717) is 11.6 Å². The van der Waals surface area contributed by atoms with Gasteiger partial charge in [0.05, 0.1) is 30.4 Å². The highest BCUT2D eigenvalue weighted by Gasteiger charge is 2.27. The van der Waals surface area contributed by atoms with Crippen LogP contribution in [0, 0.1) is 11.3 Å². The van der Waals surface area contributed by atoms with E-state index in [9.17, 15) is 5.26 Å². The van der Waals surface area contributed by atoms with Crippen molar-refractivity contribution in [3.05, 3.63) is 35.2 Å². The second-order valence-corrected chi connectivity index (χ2v) is 8.23. The number of anilines is 1. The van der Waals surface area contributed by atoms with E-state index >= 15 is 0 Å². The Hall–Kier alpha value is -2.20. The number of thiophene rings is 1. The number of nitriles is 1. The fourth-order valence-corrected chi connectivity index (χ4v) is 5.31. The molecule has 0 N–H and O–H groups in total. The van der Waals surface area contributed by atoms with E-state index in [1.807, 2.05) is 18.2 Å². The Morgan fingerprint density at radius 2 is 1.89 bits per heavy atom. The molecular formula is C21H22N4OS. The Labute approximate surface area is 162 Å². The molecule has 3 aromatic rings. The number of pyridine rings is 1. The van der Waals surface area contributed by atoms with E-state index in [4.69, 9.17) is 9.72 Å². The summed E-state index contributed by atoms with van der Waals surface area (Å²) in [5.41, 5.74) is 1.59. The first-order valence-corrected chi connectivity index (χ1v) is 10.5. The Morgan fingerprint density at radius 1 is 1.07 bits per heavy atom. The highest BCUT2D eigenvalue weighted by molar-refractivity contribution is 7.18. The maximum absolute atomic E-state index is 9.24. The molecule has 1 aromatic carbocycles. The van der Waals surface area contributed by atoms with E-state index in [1.165, 1.54) is 22.9 Å². The van der Waals surface area contributed by atoms with Crippen LogP contribution in [0.1, 0.15) is 18.4 Å². The lowest BCUT2D eigenvalue weighted by Crippen LogP contribution is -2.49. The lowest BCUT2D eigenvalue weighted by Gasteiger charge is -2.40. The van der Waals surface area contributed by atoms with Crippen LogP contribution >= 0.6 is 11.3 Å². The van der Waals surface area contributed by atoms with Crippen LogP contribution in [0.2, 0.25) is 0 Å². The molecule has 2 saturated heterocycles. The third kappa shape index (κ3) is 3.06. The van der Waals surface area contributed by atoms with E-state index < -0.39 is 0 Å². The molecule has 6 heteroatoms. The van der Waals surface area contributed by atoms with Crippen molar-refractivity contribution in [1.29, 1.82) is 5.26 Å². The summed E-state index contributed by atoms with van der Waals surface area (Å²) >= 11 is 1.76. The number of hydrogen-bond acceptors (Lipinski definition) is 6. The molecule has 4 heterocycles. The number of ether oxygens (including phenoxy) is 1. The average Bonchev–Trinajstić information content (AvgIpc) is 3.23. The van der Waals surface area contributed by atoms with Gasteiger partial charge in [-0.3, -0.25) is 4.90 Å². The van der Waals surface area contributed by atoms with Crippen LogP contribution in [0.3, 0.4) is 0 Å². The minimum atomic E-state index is 0.661. The third-order valence-electron chi connectivity index (χ3n) is 5.83. The lowest BCUT2D eigenvalue weighted by atomic mass is 10.0. The molecule has 5 rings (SSSR count). The van der Waals surface area contributed by atoms with Crippen molar-refractivity contribution in [2.45, 2.75) is 18.9 Å². The summed E-state index contributed by atoms with van der Waals surface area (Å²) in [6.07, 6.45) is 2.34. The fourth-order valence-electron chi connectivity index (χ4n) is 4.38. The fraction of sp³-hybridized carbons (Fsp3) is 0.429. The molecule has 2 aliphatic rings. The molecule has 0 atom stereocenters. The van der Waals surface area contributed by atoms with Crippen molar-refractivity contribution in [3.63, 3.8) is 0 Å². The molecule has 5 nitrogen and oxygen atoms in total. The van der Waals surface area contributed by atoms with Crippen LogP contribution in [-0.2, 0) is 4.74 Å². The van der Waals surface area contributed by atoms with Gasteiger partial charge in [-0.1, -0.05) is 6.07 Å². The molecule has 2 aromatic heterocycles. The van der Waals surface area contributed by atoms with Crippen LogP contribution in [0.4, 0.5) is 5.82 Å². The van der Waals surface area contributed by atoms with Gasteiger partial charge in [0.15, 0.2) is 0 Å². The van der Waals surface area contributed by atoms with E-state index in [2.05, 4.69) is 27.3 Å². The largest absolute Gasteiger partial charge is 0.379 e. The Morgan fingerprint density at radius 3 is 2.67 bits per heavy atom. The zero-order chi connectivity index (χ0) is 18.2. The standard InChI is InChI=1S/C21H22N4OS/c22-14-15-1-2-17-19(13-15)23-21(18-5-12-27-20(17)18)25-6-3-16(4-7-25)24-8-10-26-11-9-24/h1-2,5,12-13,16H,3-4,6-11H2. The number of aromatic nitrogens is 1. The molecule has 138 valence electrons. The van der Waals surface area contributed by atoms with Gasteiger partial charge in [0.2, 0.25) is 0 Å². The maximum atomic E-state index is 9.24. The summed E-state index contributed by atoms with van der Waals surface area (Å²) in [5, 5.41) is 13.8. The first kappa shape index (κ1) is 16.9. The van der Waals surface area contributed by atoms with Gasteiger partial charge in [-0.15, -0.1) is 11.3 Å². The molecule has 2 aliphatic heterocycles. The minimum absolute atomic E-state index is 0.661. The highest BCUT2D eigenvalue weighted by Crippen LogP contribution is 2.36. The zero-order valence-corrected chi connectivity index (χ0v) is 16.0. The number of morpholine rings is 1. The molecule has 2 fully saturated rings. The Kier molecular flexibility index (Phi) is 4.44. The normalized spacial score (nSPS) is 19.6.